The summed E-state index contributed by atoms with van der Waals surface area (Å²) in [6, 6.07) is 11.1. The van der Waals surface area contributed by atoms with E-state index in [-0.39, 0.29) is 31.1 Å². The smallest absolute Gasteiger partial charge is 0.416 e. The molecule has 0 heterocycles. The first-order valence-electron chi connectivity index (χ1n) is 12.7. The number of carbonyl (C=O) groups is 2. The fourth-order valence-electron chi connectivity index (χ4n) is 3.14. The zero-order chi connectivity index (χ0) is 29.6. The molecule has 2 rings (SSSR count). The second-order valence-corrected chi connectivity index (χ2v) is 9.62. The van der Waals surface area contributed by atoms with Gasteiger partial charge in [0.15, 0.2) is 0 Å². The predicted octanol–water partition coefficient (Wildman–Crippen LogP) is 5.52. The topological polar surface area (TPSA) is 95.6 Å². The lowest BCUT2D eigenvalue weighted by molar-refractivity contribution is -0.137. The van der Waals surface area contributed by atoms with E-state index in [1.807, 2.05) is 0 Å². The molecule has 0 aliphatic carbocycles. The minimum absolute atomic E-state index is 0.00893. The fraction of sp³-hybridized carbons (Fsp3) is 0.500. The molecule has 12 heteroatoms. The number of nitrogens with zero attached hydrogens (tertiary/aromatic N) is 1. The van der Waals surface area contributed by atoms with E-state index in [1.54, 1.807) is 46.0 Å². The quantitative estimate of drug-likeness (QED) is 0.221. The van der Waals surface area contributed by atoms with E-state index in [4.69, 9.17) is 23.7 Å². The highest BCUT2D eigenvalue weighted by Gasteiger charge is 2.30. The SMILES string of the molecule is CN(CCOCCOCCOCCOC(=O)c1ccccc1Nc1cccc(C(F)(F)F)c1)C(=O)OC(C)(C)C. The summed E-state index contributed by atoms with van der Waals surface area (Å²) in [6.07, 6.45) is -4.89. The third kappa shape index (κ3) is 12.7. The summed E-state index contributed by atoms with van der Waals surface area (Å²) in [5.74, 6) is -0.635. The maximum Gasteiger partial charge on any atom is 0.416 e. The number of anilines is 2. The van der Waals surface area contributed by atoms with E-state index in [2.05, 4.69) is 5.32 Å². The first-order chi connectivity index (χ1) is 18.9. The zero-order valence-corrected chi connectivity index (χ0v) is 23.2. The van der Waals surface area contributed by atoms with Crippen LogP contribution in [0.1, 0.15) is 36.7 Å². The van der Waals surface area contributed by atoms with Crippen molar-refractivity contribution < 1.29 is 46.4 Å². The summed E-state index contributed by atoms with van der Waals surface area (Å²) in [7, 11) is 1.64. The van der Waals surface area contributed by atoms with E-state index in [0.717, 1.165) is 12.1 Å². The molecule has 0 saturated heterocycles. The van der Waals surface area contributed by atoms with E-state index in [0.29, 0.717) is 38.7 Å². The van der Waals surface area contributed by atoms with Crippen LogP contribution in [0.2, 0.25) is 0 Å². The molecule has 0 unspecified atom stereocenters. The van der Waals surface area contributed by atoms with Crippen molar-refractivity contribution in [3.63, 3.8) is 0 Å². The van der Waals surface area contributed by atoms with Crippen LogP contribution in [0.4, 0.5) is 29.3 Å². The van der Waals surface area contributed by atoms with Gasteiger partial charge in [0.05, 0.1) is 56.5 Å². The number of hydrogen-bond acceptors (Lipinski definition) is 8. The maximum atomic E-state index is 13.0. The van der Waals surface area contributed by atoms with Gasteiger partial charge in [0, 0.05) is 19.3 Å². The highest BCUT2D eigenvalue weighted by Crippen LogP contribution is 2.32. The first-order valence-corrected chi connectivity index (χ1v) is 12.7. The van der Waals surface area contributed by atoms with Crippen LogP contribution in [-0.2, 0) is 29.9 Å². The Morgan fingerprint density at radius 2 is 1.43 bits per heavy atom. The first kappa shape index (κ1) is 32.9. The number of nitrogens with one attached hydrogen (secondary N) is 1. The predicted molar refractivity (Wildman–Crippen MR) is 143 cm³/mol. The molecule has 0 radical (unpaired) electrons. The van der Waals surface area contributed by atoms with Crippen molar-refractivity contribution >= 4 is 23.4 Å². The van der Waals surface area contributed by atoms with Crippen molar-refractivity contribution in [2.45, 2.75) is 32.5 Å². The number of carbonyl (C=O) groups excluding carboxylic acids is 2. The molecule has 0 spiro atoms. The number of ether oxygens (including phenoxy) is 5. The molecule has 40 heavy (non-hydrogen) atoms. The third-order valence-electron chi connectivity index (χ3n) is 5.10. The van der Waals surface area contributed by atoms with Crippen LogP contribution in [0.15, 0.2) is 48.5 Å². The molecule has 0 fully saturated rings. The lowest BCUT2D eigenvalue weighted by Crippen LogP contribution is -2.36. The van der Waals surface area contributed by atoms with Gasteiger partial charge in [-0.15, -0.1) is 0 Å². The second kappa shape index (κ2) is 16.0. The van der Waals surface area contributed by atoms with Gasteiger partial charge in [0.1, 0.15) is 12.2 Å². The Labute approximate surface area is 232 Å². The summed E-state index contributed by atoms with van der Waals surface area (Å²) in [6.45, 7) is 7.59. The summed E-state index contributed by atoms with van der Waals surface area (Å²) in [4.78, 5) is 25.8. The molecule has 1 amide bonds. The van der Waals surface area contributed by atoms with Gasteiger partial charge in [-0.05, 0) is 51.1 Å². The molecule has 222 valence electrons. The Bertz CT molecular complexity index is 1070. The van der Waals surface area contributed by atoms with Gasteiger partial charge in [-0.1, -0.05) is 18.2 Å². The Balaban J connectivity index is 1.58. The fourth-order valence-corrected chi connectivity index (χ4v) is 3.14. The molecule has 2 aromatic rings. The van der Waals surface area contributed by atoms with Crippen molar-refractivity contribution in [2.24, 2.45) is 0 Å². The van der Waals surface area contributed by atoms with Gasteiger partial charge in [0.25, 0.3) is 0 Å². The van der Waals surface area contributed by atoms with Crippen LogP contribution < -0.4 is 5.32 Å². The van der Waals surface area contributed by atoms with Crippen LogP contribution in [0.5, 0.6) is 0 Å². The Morgan fingerprint density at radius 3 is 2.05 bits per heavy atom. The monoisotopic (exact) mass is 570 g/mol. The number of benzene rings is 2. The molecule has 0 saturated carbocycles. The van der Waals surface area contributed by atoms with Crippen LogP contribution in [-0.4, -0.2) is 82.4 Å². The highest BCUT2D eigenvalue weighted by atomic mass is 19.4. The van der Waals surface area contributed by atoms with Gasteiger partial charge in [-0.3, -0.25) is 0 Å². The van der Waals surface area contributed by atoms with Crippen molar-refractivity contribution in [1.29, 1.82) is 0 Å². The Kier molecular flexibility index (Phi) is 13.2. The number of esters is 1. The lowest BCUT2D eigenvalue weighted by Gasteiger charge is -2.24. The molecule has 0 aromatic heterocycles. The number of alkyl halides is 3. The summed E-state index contributed by atoms with van der Waals surface area (Å²) in [5.41, 5.74) is -0.655. The minimum atomic E-state index is -4.48. The normalized spacial score (nSPS) is 11.7. The van der Waals surface area contributed by atoms with Gasteiger partial charge in [-0.25, -0.2) is 9.59 Å². The van der Waals surface area contributed by atoms with E-state index >= 15 is 0 Å². The van der Waals surface area contributed by atoms with Gasteiger partial charge in [0.2, 0.25) is 0 Å². The van der Waals surface area contributed by atoms with E-state index in [1.165, 1.54) is 23.1 Å². The maximum absolute atomic E-state index is 13.0. The standard InChI is InChI=1S/C28H37F3N2O7/c1-27(2,3)40-26(35)33(4)12-13-36-14-15-37-16-17-38-18-19-39-25(34)23-10-5-6-11-24(23)32-22-9-7-8-21(20-22)28(29,30)31/h5-11,20,32H,12-19H2,1-4H3. The van der Waals surface area contributed by atoms with Gasteiger partial charge >= 0.3 is 18.2 Å². The second-order valence-electron chi connectivity index (χ2n) is 9.62. The molecule has 0 aliphatic rings. The summed E-state index contributed by atoms with van der Waals surface area (Å²) in [5, 5.41) is 2.85. The van der Waals surface area contributed by atoms with Crippen molar-refractivity contribution in [3.8, 4) is 0 Å². The molecule has 2 aromatic carbocycles. The summed E-state index contributed by atoms with van der Waals surface area (Å²) >= 11 is 0. The Hall–Kier alpha value is -3.35. The highest BCUT2D eigenvalue weighted by molar-refractivity contribution is 5.96. The number of hydrogen-bond donors (Lipinski definition) is 1. The number of para-hydroxylation sites is 1. The zero-order valence-electron chi connectivity index (χ0n) is 23.2. The average Bonchev–Trinajstić information content (AvgIpc) is 2.88. The molecule has 0 atom stereocenters. The molecule has 0 bridgehead atoms. The average molecular weight is 571 g/mol. The third-order valence-corrected chi connectivity index (χ3v) is 5.10. The number of halogens is 3. The molecule has 9 nitrogen and oxygen atoms in total. The number of rotatable bonds is 15. The van der Waals surface area contributed by atoms with Crippen molar-refractivity contribution in [2.75, 3.05) is 65.2 Å². The van der Waals surface area contributed by atoms with Crippen LogP contribution in [0, 0.1) is 0 Å². The summed E-state index contributed by atoms with van der Waals surface area (Å²) < 4.78 is 65.7. The minimum Gasteiger partial charge on any atom is -0.460 e. The van der Waals surface area contributed by atoms with Gasteiger partial charge in [-0.2, -0.15) is 13.2 Å². The van der Waals surface area contributed by atoms with E-state index < -0.39 is 29.4 Å². The van der Waals surface area contributed by atoms with Crippen molar-refractivity contribution in [1.82, 2.24) is 4.90 Å². The van der Waals surface area contributed by atoms with Crippen LogP contribution in [0.3, 0.4) is 0 Å². The number of amides is 1. The van der Waals surface area contributed by atoms with E-state index in [9.17, 15) is 22.8 Å². The van der Waals surface area contributed by atoms with Crippen molar-refractivity contribution in [3.05, 3.63) is 59.7 Å². The number of likely N-dealkylation sites (N-methyl/N-ethyl adjacent to an activating group) is 1. The largest absolute Gasteiger partial charge is 0.460 e. The Morgan fingerprint density at radius 1 is 0.825 bits per heavy atom. The molecular weight excluding hydrogens is 533 g/mol. The van der Waals surface area contributed by atoms with Crippen LogP contribution >= 0.6 is 0 Å². The lowest BCUT2D eigenvalue weighted by atomic mass is 10.1. The molecule has 0 aliphatic heterocycles. The molecule has 1 N–H and O–H groups in total. The van der Waals surface area contributed by atoms with Crippen LogP contribution in [0.25, 0.3) is 0 Å². The van der Waals surface area contributed by atoms with Gasteiger partial charge < -0.3 is 33.9 Å². The molecular formula is C28H37F3N2O7.